The van der Waals surface area contributed by atoms with Crippen LogP contribution in [0.3, 0.4) is 0 Å². The van der Waals surface area contributed by atoms with Gasteiger partial charge in [0.1, 0.15) is 0 Å². The Bertz CT molecular complexity index is 622. The molecule has 0 saturated heterocycles. The summed E-state index contributed by atoms with van der Waals surface area (Å²) in [7, 11) is 0. The second-order valence-electron chi connectivity index (χ2n) is 6.13. The molecular weight excluding hydrogens is 250 g/mol. The van der Waals surface area contributed by atoms with Crippen molar-refractivity contribution in [3.8, 4) is 0 Å². The number of nitrogens with zero attached hydrogens (tertiary/aromatic N) is 2. The molecule has 3 unspecified atom stereocenters. The van der Waals surface area contributed by atoms with Crippen molar-refractivity contribution in [1.82, 2.24) is 10.1 Å². The fourth-order valence-electron chi connectivity index (χ4n) is 3.50. The number of hydrogen-bond acceptors (Lipinski definition) is 4. The van der Waals surface area contributed by atoms with E-state index in [1.807, 2.05) is 6.07 Å². The Balaban J connectivity index is 1.60. The minimum absolute atomic E-state index is 0.200. The molecule has 4 nitrogen and oxygen atoms in total. The van der Waals surface area contributed by atoms with Crippen molar-refractivity contribution in [2.24, 2.45) is 5.92 Å². The van der Waals surface area contributed by atoms with Crippen LogP contribution in [0.15, 0.2) is 28.8 Å². The number of hydrogen-bond donors (Lipinski definition) is 1. The Labute approximate surface area is 118 Å². The van der Waals surface area contributed by atoms with Crippen LogP contribution in [0, 0.1) is 5.92 Å². The van der Waals surface area contributed by atoms with Crippen molar-refractivity contribution in [2.45, 2.75) is 38.0 Å². The molecule has 2 heterocycles. The van der Waals surface area contributed by atoms with Gasteiger partial charge in [-0.2, -0.15) is 4.98 Å². The maximum atomic E-state index is 5.55. The fourth-order valence-corrected chi connectivity index (χ4v) is 3.50. The van der Waals surface area contributed by atoms with Crippen LogP contribution in [-0.2, 0) is 0 Å². The van der Waals surface area contributed by atoms with E-state index in [1.54, 1.807) is 0 Å². The van der Waals surface area contributed by atoms with Gasteiger partial charge < -0.3 is 9.84 Å². The lowest BCUT2D eigenvalue weighted by molar-refractivity contribution is 0.362. The van der Waals surface area contributed by atoms with E-state index in [0.717, 1.165) is 24.2 Å². The van der Waals surface area contributed by atoms with Gasteiger partial charge in [0.25, 0.3) is 0 Å². The molecule has 1 fully saturated rings. The van der Waals surface area contributed by atoms with Gasteiger partial charge in [0.15, 0.2) is 5.82 Å². The van der Waals surface area contributed by atoms with Crippen LogP contribution in [0.5, 0.6) is 0 Å². The van der Waals surface area contributed by atoms with Gasteiger partial charge >= 0.3 is 0 Å². The first kappa shape index (κ1) is 11.9. The summed E-state index contributed by atoms with van der Waals surface area (Å²) in [6.45, 7) is 3.15. The predicted octanol–water partition coefficient (Wildman–Crippen LogP) is 3.53. The summed E-state index contributed by atoms with van der Waals surface area (Å²) in [4.78, 5) is 4.69. The van der Waals surface area contributed by atoms with E-state index >= 15 is 0 Å². The van der Waals surface area contributed by atoms with Gasteiger partial charge in [0.05, 0.1) is 5.92 Å². The molecule has 0 radical (unpaired) electrons. The summed E-state index contributed by atoms with van der Waals surface area (Å²) in [6.07, 6.45) is 3.67. The highest BCUT2D eigenvalue weighted by atomic mass is 16.5. The minimum Gasteiger partial charge on any atom is -0.384 e. The van der Waals surface area contributed by atoms with E-state index in [1.165, 1.54) is 30.5 Å². The third kappa shape index (κ3) is 1.90. The molecule has 2 aliphatic rings. The first-order valence-corrected chi connectivity index (χ1v) is 7.47. The molecule has 20 heavy (non-hydrogen) atoms. The molecule has 0 bridgehead atoms. The SMILES string of the molecule is CC1CCC(c2noc(C3CNc4ccccc43)n2)C1. The van der Waals surface area contributed by atoms with Crippen LogP contribution >= 0.6 is 0 Å². The lowest BCUT2D eigenvalue weighted by Gasteiger charge is -2.04. The van der Waals surface area contributed by atoms with Crippen LogP contribution < -0.4 is 5.32 Å². The van der Waals surface area contributed by atoms with Gasteiger partial charge in [-0.3, -0.25) is 0 Å². The molecule has 4 heteroatoms. The van der Waals surface area contributed by atoms with E-state index in [9.17, 15) is 0 Å². The molecule has 0 spiro atoms. The Hall–Kier alpha value is -1.84. The Morgan fingerprint density at radius 2 is 2.15 bits per heavy atom. The Kier molecular flexibility index (Phi) is 2.76. The van der Waals surface area contributed by atoms with Crippen LogP contribution in [0.25, 0.3) is 0 Å². The smallest absolute Gasteiger partial charge is 0.236 e. The van der Waals surface area contributed by atoms with Gasteiger partial charge in [-0.25, -0.2) is 0 Å². The number of aromatic nitrogens is 2. The average Bonchev–Trinajstić information content (AvgIpc) is 3.15. The van der Waals surface area contributed by atoms with Crippen molar-refractivity contribution >= 4 is 5.69 Å². The Morgan fingerprint density at radius 3 is 3.00 bits per heavy atom. The van der Waals surface area contributed by atoms with E-state index < -0.39 is 0 Å². The normalized spacial score (nSPS) is 28.4. The van der Waals surface area contributed by atoms with Gasteiger partial charge in [-0.15, -0.1) is 0 Å². The summed E-state index contributed by atoms with van der Waals surface area (Å²) < 4.78 is 5.55. The number of nitrogens with one attached hydrogen (secondary N) is 1. The van der Waals surface area contributed by atoms with Crippen molar-refractivity contribution in [2.75, 3.05) is 11.9 Å². The number of para-hydroxylation sites is 1. The molecule has 1 aliphatic heterocycles. The largest absolute Gasteiger partial charge is 0.384 e. The molecule has 1 aromatic carbocycles. The highest BCUT2D eigenvalue weighted by Gasteiger charge is 2.31. The van der Waals surface area contributed by atoms with Crippen LogP contribution in [-0.4, -0.2) is 16.7 Å². The van der Waals surface area contributed by atoms with Gasteiger partial charge in [-0.1, -0.05) is 30.3 Å². The molecular formula is C16H19N3O. The molecule has 2 aromatic rings. The first-order valence-electron chi connectivity index (χ1n) is 7.47. The molecule has 1 saturated carbocycles. The third-order valence-corrected chi connectivity index (χ3v) is 4.65. The lowest BCUT2D eigenvalue weighted by atomic mass is 10.0. The number of fused-ring (bicyclic) bond motifs is 1. The van der Waals surface area contributed by atoms with Crippen molar-refractivity contribution in [3.63, 3.8) is 0 Å². The molecule has 0 amide bonds. The quantitative estimate of drug-likeness (QED) is 0.906. The zero-order valence-corrected chi connectivity index (χ0v) is 11.7. The molecule has 4 rings (SSSR count). The minimum atomic E-state index is 0.200. The summed E-state index contributed by atoms with van der Waals surface area (Å²) in [5.74, 6) is 3.15. The number of anilines is 1. The second-order valence-corrected chi connectivity index (χ2v) is 6.13. The predicted molar refractivity (Wildman–Crippen MR) is 76.8 cm³/mol. The van der Waals surface area contributed by atoms with Crippen LogP contribution in [0.4, 0.5) is 5.69 Å². The highest BCUT2D eigenvalue weighted by molar-refractivity contribution is 5.59. The van der Waals surface area contributed by atoms with Crippen LogP contribution in [0.2, 0.25) is 0 Å². The lowest BCUT2D eigenvalue weighted by Crippen LogP contribution is -2.04. The monoisotopic (exact) mass is 269 g/mol. The van der Waals surface area contributed by atoms with E-state index in [2.05, 4.69) is 40.6 Å². The standard InChI is InChI=1S/C16H19N3O/c1-10-6-7-11(8-10)15-18-16(20-19-15)13-9-17-14-5-3-2-4-12(13)14/h2-5,10-11,13,17H,6-9H2,1H3. The van der Waals surface area contributed by atoms with Crippen molar-refractivity contribution in [3.05, 3.63) is 41.5 Å². The number of benzene rings is 1. The zero-order valence-electron chi connectivity index (χ0n) is 11.7. The van der Waals surface area contributed by atoms with Crippen molar-refractivity contribution in [1.29, 1.82) is 0 Å². The van der Waals surface area contributed by atoms with E-state index in [-0.39, 0.29) is 5.92 Å². The van der Waals surface area contributed by atoms with Crippen LogP contribution in [0.1, 0.15) is 55.3 Å². The molecule has 104 valence electrons. The molecule has 3 atom stereocenters. The topological polar surface area (TPSA) is 51.0 Å². The highest BCUT2D eigenvalue weighted by Crippen LogP contribution is 2.39. The molecule has 1 N–H and O–H groups in total. The summed E-state index contributed by atoms with van der Waals surface area (Å²) in [5.41, 5.74) is 2.45. The first-order chi connectivity index (χ1) is 9.81. The van der Waals surface area contributed by atoms with Gasteiger partial charge in [0, 0.05) is 18.2 Å². The number of rotatable bonds is 2. The molecule has 1 aliphatic carbocycles. The zero-order chi connectivity index (χ0) is 13.5. The third-order valence-electron chi connectivity index (χ3n) is 4.65. The average molecular weight is 269 g/mol. The summed E-state index contributed by atoms with van der Waals surface area (Å²) >= 11 is 0. The second kappa shape index (κ2) is 4.62. The van der Waals surface area contributed by atoms with Gasteiger partial charge in [0.2, 0.25) is 5.89 Å². The van der Waals surface area contributed by atoms with Gasteiger partial charge in [-0.05, 0) is 36.8 Å². The Morgan fingerprint density at radius 1 is 1.25 bits per heavy atom. The maximum Gasteiger partial charge on any atom is 0.236 e. The molecule has 1 aromatic heterocycles. The maximum absolute atomic E-state index is 5.55. The fraction of sp³-hybridized carbons (Fsp3) is 0.500. The van der Waals surface area contributed by atoms with E-state index in [4.69, 9.17) is 4.52 Å². The summed E-state index contributed by atoms with van der Waals surface area (Å²) in [6, 6.07) is 8.36. The van der Waals surface area contributed by atoms with Crippen molar-refractivity contribution < 1.29 is 4.52 Å². The van der Waals surface area contributed by atoms with E-state index in [0.29, 0.717) is 5.92 Å². The summed E-state index contributed by atoms with van der Waals surface area (Å²) in [5, 5.41) is 7.64.